The zero-order valence-corrected chi connectivity index (χ0v) is 17.1. The minimum Gasteiger partial charge on any atom is -0.477 e. The number of carboxylic acid groups (broad SMARTS) is 3. The third-order valence-electron chi connectivity index (χ3n) is 5.32. The highest BCUT2D eigenvalue weighted by Gasteiger charge is 2.55. The number of hydrogen-bond donors (Lipinski definition) is 3. The van der Waals surface area contributed by atoms with E-state index in [1.165, 1.54) is 0 Å². The molecule has 0 bridgehead atoms. The largest absolute Gasteiger partial charge is 0.477 e. The molecule has 0 saturated heterocycles. The Balaban J connectivity index is 6.13. The molecule has 0 aromatic rings. The Morgan fingerprint density at radius 2 is 1.15 bits per heavy atom. The van der Waals surface area contributed by atoms with Gasteiger partial charge in [0.25, 0.3) is 0 Å². The summed E-state index contributed by atoms with van der Waals surface area (Å²) in [7, 11) is 0. The smallest absolute Gasteiger partial charge is 0.362 e. The average molecular weight is 387 g/mol. The molecule has 0 aliphatic rings. The molecule has 7 nitrogen and oxygen atoms in total. The van der Waals surface area contributed by atoms with Gasteiger partial charge in [0.15, 0.2) is 18.1 Å². The van der Waals surface area contributed by atoms with Crippen molar-refractivity contribution in [2.45, 2.75) is 90.8 Å². The number of carboxylic acids is 3. The molecule has 0 rings (SSSR count). The molecule has 0 aliphatic heterocycles. The van der Waals surface area contributed by atoms with E-state index in [1.54, 1.807) is 20.8 Å². The molecule has 27 heavy (non-hydrogen) atoms. The predicted octanol–water partition coefficient (Wildman–Crippen LogP) is 3.53. The third kappa shape index (κ3) is 6.34. The summed E-state index contributed by atoms with van der Waals surface area (Å²) in [4.78, 5) is 36.1. The molecule has 0 spiro atoms. The fraction of sp³-hybridized carbons (Fsp3) is 0.750. The fourth-order valence-electron chi connectivity index (χ4n) is 4.21. The highest BCUT2D eigenvalue weighted by atomic mass is 16.4. The average Bonchev–Trinajstić information content (AvgIpc) is 2.58. The van der Waals surface area contributed by atoms with E-state index in [9.17, 15) is 29.7 Å². The first-order chi connectivity index (χ1) is 12.7. The van der Waals surface area contributed by atoms with Crippen LogP contribution in [-0.2, 0) is 14.4 Å². The van der Waals surface area contributed by atoms with Crippen LogP contribution in [-0.4, -0.2) is 62.4 Å². The lowest BCUT2D eigenvalue weighted by molar-refractivity contribution is -0.973. The van der Waals surface area contributed by atoms with E-state index in [0.29, 0.717) is 6.42 Å². The number of nitrogens with zero attached hydrogens (tertiary/aromatic N) is 1. The molecule has 0 aromatic carbocycles. The minimum atomic E-state index is -1.14. The van der Waals surface area contributed by atoms with Crippen molar-refractivity contribution in [1.82, 2.24) is 0 Å². The number of hydrogen-bond acceptors (Lipinski definition) is 3. The van der Waals surface area contributed by atoms with E-state index < -0.39 is 40.5 Å². The summed E-state index contributed by atoms with van der Waals surface area (Å²) >= 11 is 0. The first kappa shape index (κ1) is 25.1. The zero-order chi connectivity index (χ0) is 21.0. The molecule has 0 amide bonds. The van der Waals surface area contributed by atoms with Crippen molar-refractivity contribution in [3.8, 4) is 0 Å². The van der Waals surface area contributed by atoms with Gasteiger partial charge in [-0.25, -0.2) is 14.4 Å². The molecule has 0 heterocycles. The lowest BCUT2D eigenvalue weighted by atomic mass is 9.94. The van der Waals surface area contributed by atoms with E-state index in [-0.39, 0.29) is 25.8 Å². The summed E-state index contributed by atoms with van der Waals surface area (Å²) in [5.41, 5.74) is 0. The maximum Gasteiger partial charge on any atom is 0.362 e. The molecule has 0 saturated carbocycles. The van der Waals surface area contributed by atoms with Crippen LogP contribution in [0, 0.1) is 0 Å². The van der Waals surface area contributed by atoms with Crippen LogP contribution in [0.4, 0.5) is 0 Å². The van der Waals surface area contributed by atoms with Gasteiger partial charge < -0.3 is 15.3 Å². The molecule has 3 atom stereocenters. The SMILES string of the molecule is CC/C=C/CCCC[N+](C(CC)C(=O)O)(C(CC)C(=O)O)C(CC)C(=O)O. The molecule has 0 radical (unpaired) electrons. The molecule has 7 heteroatoms. The Labute approximate surface area is 162 Å². The van der Waals surface area contributed by atoms with Gasteiger partial charge in [-0.05, 0) is 25.7 Å². The van der Waals surface area contributed by atoms with Crippen LogP contribution in [0.1, 0.15) is 72.6 Å². The van der Waals surface area contributed by atoms with Crippen molar-refractivity contribution in [3.63, 3.8) is 0 Å². The van der Waals surface area contributed by atoms with Crippen molar-refractivity contribution >= 4 is 17.9 Å². The van der Waals surface area contributed by atoms with E-state index >= 15 is 0 Å². The summed E-state index contributed by atoms with van der Waals surface area (Å²) < 4.78 is -0.430. The van der Waals surface area contributed by atoms with E-state index in [4.69, 9.17) is 0 Å². The maximum atomic E-state index is 12.0. The van der Waals surface area contributed by atoms with E-state index in [1.807, 2.05) is 19.1 Å². The third-order valence-corrected chi connectivity index (χ3v) is 5.32. The van der Waals surface area contributed by atoms with Crippen LogP contribution >= 0.6 is 0 Å². The summed E-state index contributed by atoms with van der Waals surface area (Å²) in [6, 6.07) is -3.21. The van der Waals surface area contributed by atoms with Crippen LogP contribution in [0.15, 0.2) is 12.2 Å². The van der Waals surface area contributed by atoms with Crippen molar-refractivity contribution in [1.29, 1.82) is 0 Å². The molecule has 156 valence electrons. The van der Waals surface area contributed by atoms with Gasteiger partial charge in [-0.2, -0.15) is 0 Å². The molecule has 0 fully saturated rings. The van der Waals surface area contributed by atoms with Crippen LogP contribution < -0.4 is 0 Å². The standard InChI is InChI=1S/C20H35NO6/c1-5-9-10-11-12-13-14-21(15(6-2)18(22)23,16(7-3)19(24)25)17(8-4)20(26)27/h9-10,15-17H,5-8,11-14H2,1-4H3,(H2-,22,23,24,25,26,27)/p+1/b10-9+. The minimum absolute atomic E-state index is 0.179. The Kier molecular flexibility index (Phi) is 11.6. The van der Waals surface area contributed by atoms with Gasteiger partial charge >= 0.3 is 17.9 Å². The summed E-state index contributed by atoms with van der Waals surface area (Å²) in [6.07, 6.45) is 7.72. The van der Waals surface area contributed by atoms with E-state index in [0.717, 1.165) is 19.3 Å². The molecular formula is C20H36NO6+. The Morgan fingerprint density at radius 3 is 1.44 bits per heavy atom. The van der Waals surface area contributed by atoms with Crippen LogP contribution in [0.5, 0.6) is 0 Å². The lowest BCUT2D eigenvalue weighted by Crippen LogP contribution is -2.72. The number of allylic oxidation sites excluding steroid dienone is 2. The molecular weight excluding hydrogens is 350 g/mol. The molecule has 3 unspecified atom stereocenters. The first-order valence-electron chi connectivity index (χ1n) is 9.94. The van der Waals surface area contributed by atoms with Crippen LogP contribution in [0.2, 0.25) is 0 Å². The van der Waals surface area contributed by atoms with Gasteiger partial charge in [-0.3, -0.25) is 4.48 Å². The second-order valence-corrected chi connectivity index (χ2v) is 6.88. The van der Waals surface area contributed by atoms with E-state index in [2.05, 4.69) is 0 Å². The fourth-order valence-corrected chi connectivity index (χ4v) is 4.21. The summed E-state index contributed by atoms with van der Waals surface area (Å²) in [5.74, 6) is -3.41. The molecule has 3 N–H and O–H groups in total. The summed E-state index contributed by atoms with van der Waals surface area (Å²) in [5, 5.41) is 29.5. The molecule has 0 aliphatic carbocycles. The molecule has 0 aromatic heterocycles. The van der Waals surface area contributed by atoms with Crippen molar-refractivity contribution in [2.24, 2.45) is 0 Å². The topological polar surface area (TPSA) is 112 Å². The van der Waals surface area contributed by atoms with Crippen molar-refractivity contribution < 1.29 is 34.2 Å². The Hall–Kier alpha value is -1.89. The quantitative estimate of drug-likeness (QED) is 0.225. The monoisotopic (exact) mass is 386 g/mol. The van der Waals surface area contributed by atoms with Crippen LogP contribution in [0.25, 0.3) is 0 Å². The second kappa shape index (κ2) is 12.5. The van der Waals surface area contributed by atoms with Gasteiger partial charge in [0.05, 0.1) is 6.54 Å². The van der Waals surface area contributed by atoms with Gasteiger partial charge in [0.1, 0.15) is 0 Å². The van der Waals surface area contributed by atoms with Gasteiger partial charge in [0.2, 0.25) is 0 Å². The highest BCUT2D eigenvalue weighted by molar-refractivity contribution is 5.78. The number of carbonyl (C=O) groups is 3. The van der Waals surface area contributed by atoms with Crippen molar-refractivity contribution in [2.75, 3.05) is 6.54 Å². The zero-order valence-electron chi connectivity index (χ0n) is 17.1. The Morgan fingerprint density at radius 1 is 0.741 bits per heavy atom. The number of quaternary nitrogens is 1. The lowest BCUT2D eigenvalue weighted by Gasteiger charge is -2.49. The summed E-state index contributed by atoms with van der Waals surface area (Å²) in [6.45, 7) is 7.30. The number of aliphatic carboxylic acids is 3. The van der Waals surface area contributed by atoms with Gasteiger partial charge in [-0.15, -0.1) is 0 Å². The van der Waals surface area contributed by atoms with Gasteiger partial charge in [0, 0.05) is 19.3 Å². The highest BCUT2D eigenvalue weighted by Crippen LogP contribution is 2.32. The van der Waals surface area contributed by atoms with Crippen molar-refractivity contribution in [3.05, 3.63) is 12.2 Å². The predicted molar refractivity (Wildman–Crippen MR) is 104 cm³/mol. The second-order valence-electron chi connectivity index (χ2n) is 6.88. The normalized spacial score (nSPS) is 17.2. The Bertz CT molecular complexity index is 462. The number of unbranched alkanes of at least 4 members (excludes halogenated alkanes) is 2. The first-order valence-corrected chi connectivity index (χ1v) is 9.94. The van der Waals surface area contributed by atoms with Crippen LogP contribution in [0.3, 0.4) is 0 Å². The maximum absolute atomic E-state index is 12.0. The number of rotatable bonds is 15. The van der Waals surface area contributed by atoms with Gasteiger partial charge in [-0.1, -0.05) is 39.8 Å².